The molecule has 0 saturated heterocycles. The minimum Gasteiger partial charge on any atom is -0.331 e. The van der Waals surface area contributed by atoms with E-state index in [0.29, 0.717) is 0 Å². The minimum atomic E-state index is 0.748. The summed E-state index contributed by atoms with van der Waals surface area (Å²) >= 11 is 0. The molecule has 0 fully saturated rings. The highest BCUT2D eigenvalue weighted by Gasteiger charge is 2.00. The van der Waals surface area contributed by atoms with Crippen LogP contribution in [-0.4, -0.2) is 22.6 Å². The first-order valence-electron chi connectivity index (χ1n) is 7.38. The number of unbranched alkanes of at least 4 members (excludes halogenated alkanes) is 2. The standard InChI is InChI=1S/C16H25N3/c1-14(2)12-17-10-6-3-7-11-19-13-18-15-8-4-5-9-16(15)19/h4-5,8-9,13-14,17H,3,6-7,10-12H2,1-2H3. The smallest absolute Gasteiger partial charge is 0.0958 e. The van der Waals surface area contributed by atoms with Gasteiger partial charge in [-0.05, 0) is 44.0 Å². The summed E-state index contributed by atoms with van der Waals surface area (Å²) in [4.78, 5) is 4.42. The summed E-state index contributed by atoms with van der Waals surface area (Å²) in [6, 6.07) is 8.34. The fourth-order valence-corrected chi connectivity index (χ4v) is 2.29. The van der Waals surface area contributed by atoms with E-state index < -0.39 is 0 Å². The van der Waals surface area contributed by atoms with Crippen LogP contribution in [0.1, 0.15) is 33.1 Å². The number of fused-ring (bicyclic) bond motifs is 1. The van der Waals surface area contributed by atoms with E-state index in [1.54, 1.807) is 0 Å². The number of aryl methyl sites for hydroxylation is 1. The highest BCUT2D eigenvalue weighted by molar-refractivity contribution is 5.74. The van der Waals surface area contributed by atoms with E-state index in [2.05, 4.69) is 46.9 Å². The van der Waals surface area contributed by atoms with Crippen molar-refractivity contribution in [2.75, 3.05) is 13.1 Å². The normalized spacial score (nSPS) is 11.5. The Morgan fingerprint density at radius 1 is 1.16 bits per heavy atom. The first-order chi connectivity index (χ1) is 9.27. The molecule has 0 saturated carbocycles. The van der Waals surface area contributed by atoms with Gasteiger partial charge in [-0.3, -0.25) is 0 Å². The summed E-state index contributed by atoms with van der Waals surface area (Å²) < 4.78 is 2.26. The monoisotopic (exact) mass is 259 g/mol. The predicted octanol–water partition coefficient (Wildman–Crippen LogP) is 3.45. The van der Waals surface area contributed by atoms with Crippen LogP contribution < -0.4 is 5.32 Å². The van der Waals surface area contributed by atoms with Crippen LogP contribution in [0.3, 0.4) is 0 Å². The maximum atomic E-state index is 4.42. The number of aromatic nitrogens is 2. The van der Waals surface area contributed by atoms with Gasteiger partial charge in [-0.2, -0.15) is 0 Å². The molecule has 0 spiro atoms. The van der Waals surface area contributed by atoms with Gasteiger partial charge in [-0.15, -0.1) is 0 Å². The molecule has 0 amide bonds. The average Bonchev–Trinajstić information content (AvgIpc) is 2.81. The second-order valence-electron chi connectivity index (χ2n) is 5.59. The van der Waals surface area contributed by atoms with Crippen molar-refractivity contribution in [1.82, 2.24) is 14.9 Å². The molecule has 2 rings (SSSR count). The summed E-state index contributed by atoms with van der Waals surface area (Å²) in [6.45, 7) is 7.84. The highest BCUT2D eigenvalue weighted by atomic mass is 15.0. The Bertz CT molecular complexity index is 487. The van der Waals surface area contributed by atoms with Crippen LogP contribution in [0, 0.1) is 5.92 Å². The molecule has 0 aliphatic rings. The Morgan fingerprint density at radius 2 is 2.00 bits per heavy atom. The average molecular weight is 259 g/mol. The maximum absolute atomic E-state index is 4.42. The third-order valence-corrected chi connectivity index (χ3v) is 3.33. The molecular weight excluding hydrogens is 234 g/mol. The minimum absolute atomic E-state index is 0.748. The third-order valence-electron chi connectivity index (χ3n) is 3.33. The first kappa shape index (κ1) is 14.1. The molecule has 0 aliphatic carbocycles. The first-order valence-corrected chi connectivity index (χ1v) is 7.38. The predicted molar refractivity (Wildman–Crippen MR) is 81.3 cm³/mol. The van der Waals surface area contributed by atoms with Crippen molar-refractivity contribution in [2.24, 2.45) is 5.92 Å². The van der Waals surface area contributed by atoms with Gasteiger partial charge in [0.25, 0.3) is 0 Å². The maximum Gasteiger partial charge on any atom is 0.0958 e. The Hall–Kier alpha value is -1.35. The van der Waals surface area contributed by atoms with Crippen molar-refractivity contribution in [3.05, 3.63) is 30.6 Å². The lowest BCUT2D eigenvalue weighted by Crippen LogP contribution is -2.20. The van der Waals surface area contributed by atoms with E-state index in [1.807, 2.05) is 12.4 Å². The van der Waals surface area contributed by atoms with Crippen molar-refractivity contribution in [3.63, 3.8) is 0 Å². The van der Waals surface area contributed by atoms with Gasteiger partial charge in [0.05, 0.1) is 17.4 Å². The van der Waals surface area contributed by atoms with Gasteiger partial charge >= 0.3 is 0 Å². The Kier molecular flexibility index (Phi) is 5.40. The molecule has 104 valence electrons. The lowest BCUT2D eigenvalue weighted by atomic mass is 10.2. The summed E-state index contributed by atoms with van der Waals surface area (Å²) in [5.41, 5.74) is 2.35. The van der Waals surface area contributed by atoms with Crippen LogP contribution >= 0.6 is 0 Å². The van der Waals surface area contributed by atoms with Crippen LogP contribution in [0.2, 0.25) is 0 Å². The molecule has 1 N–H and O–H groups in total. The molecule has 0 atom stereocenters. The van der Waals surface area contributed by atoms with Gasteiger partial charge in [0, 0.05) is 6.54 Å². The van der Waals surface area contributed by atoms with Gasteiger partial charge in [-0.1, -0.05) is 32.4 Å². The number of hydrogen-bond donors (Lipinski definition) is 1. The number of para-hydroxylation sites is 2. The van der Waals surface area contributed by atoms with E-state index in [4.69, 9.17) is 0 Å². The van der Waals surface area contributed by atoms with E-state index >= 15 is 0 Å². The van der Waals surface area contributed by atoms with E-state index in [1.165, 1.54) is 24.8 Å². The zero-order valence-corrected chi connectivity index (χ0v) is 12.1. The number of nitrogens with one attached hydrogen (secondary N) is 1. The zero-order chi connectivity index (χ0) is 13.5. The van der Waals surface area contributed by atoms with Crippen LogP contribution in [0.15, 0.2) is 30.6 Å². The lowest BCUT2D eigenvalue weighted by molar-refractivity contribution is 0.519. The van der Waals surface area contributed by atoms with E-state index in [0.717, 1.165) is 31.1 Å². The van der Waals surface area contributed by atoms with Crippen LogP contribution in [0.4, 0.5) is 0 Å². The quantitative estimate of drug-likeness (QED) is 0.736. The third kappa shape index (κ3) is 4.35. The van der Waals surface area contributed by atoms with Crippen molar-refractivity contribution in [3.8, 4) is 0 Å². The zero-order valence-electron chi connectivity index (χ0n) is 12.1. The second kappa shape index (κ2) is 7.29. The molecule has 19 heavy (non-hydrogen) atoms. The molecule has 1 heterocycles. The molecule has 3 heteroatoms. The van der Waals surface area contributed by atoms with E-state index in [9.17, 15) is 0 Å². The van der Waals surface area contributed by atoms with Gasteiger partial charge in [0.15, 0.2) is 0 Å². The van der Waals surface area contributed by atoms with Gasteiger partial charge in [-0.25, -0.2) is 4.98 Å². The van der Waals surface area contributed by atoms with Crippen molar-refractivity contribution >= 4 is 11.0 Å². The Labute approximate surface area is 116 Å². The molecule has 0 aliphatic heterocycles. The molecule has 0 unspecified atom stereocenters. The fourth-order valence-electron chi connectivity index (χ4n) is 2.29. The summed E-state index contributed by atoms with van der Waals surface area (Å²) in [5, 5.41) is 3.49. The van der Waals surface area contributed by atoms with Crippen LogP contribution in [-0.2, 0) is 6.54 Å². The lowest BCUT2D eigenvalue weighted by Gasteiger charge is -2.07. The van der Waals surface area contributed by atoms with Crippen molar-refractivity contribution in [2.45, 2.75) is 39.7 Å². The molecule has 0 bridgehead atoms. The molecule has 1 aromatic heterocycles. The van der Waals surface area contributed by atoms with Crippen LogP contribution in [0.25, 0.3) is 11.0 Å². The molecular formula is C16H25N3. The molecule has 3 nitrogen and oxygen atoms in total. The van der Waals surface area contributed by atoms with Gasteiger partial charge in [0.1, 0.15) is 0 Å². The number of rotatable bonds is 8. The number of benzene rings is 1. The van der Waals surface area contributed by atoms with E-state index in [-0.39, 0.29) is 0 Å². The van der Waals surface area contributed by atoms with Crippen LogP contribution in [0.5, 0.6) is 0 Å². The van der Waals surface area contributed by atoms with Gasteiger partial charge in [0.2, 0.25) is 0 Å². The largest absolute Gasteiger partial charge is 0.331 e. The topological polar surface area (TPSA) is 29.9 Å². The fraction of sp³-hybridized carbons (Fsp3) is 0.562. The summed E-state index contributed by atoms with van der Waals surface area (Å²) in [5.74, 6) is 0.748. The highest BCUT2D eigenvalue weighted by Crippen LogP contribution is 2.12. The molecule has 0 radical (unpaired) electrons. The SMILES string of the molecule is CC(C)CNCCCCCn1cnc2ccccc21. The molecule has 2 aromatic rings. The van der Waals surface area contributed by atoms with Crippen molar-refractivity contribution in [1.29, 1.82) is 0 Å². The number of nitrogens with zero attached hydrogens (tertiary/aromatic N) is 2. The summed E-state index contributed by atoms with van der Waals surface area (Å²) in [7, 11) is 0. The summed E-state index contributed by atoms with van der Waals surface area (Å²) in [6.07, 6.45) is 5.72. The van der Waals surface area contributed by atoms with Gasteiger partial charge < -0.3 is 9.88 Å². The number of hydrogen-bond acceptors (Lipinski definition) is 2. The van der Waals surface area contributed by atoms with Crippen molar-refractivity contribution < 1.29 is 0 Å². The Morgan fingerprint density at radius 3 is 2.84 bits per heavy atom. The second-order valence-corrected chi connectivity index (χ2v) is 5.59. The number of imidazole rings is 1. The molecule has 1 aromatic carbocycles. The Balaban J connectivity index is 1.66.